The van der Waals surface area contributed by atoms with E-state index < -0.39 is 0 Å². The van der Waals surface area contributed by atoms with E-state index in [2.05, 4.69) is 10.4 Å². The summed E-state index contributed by atoms with van der Waals surface area (Å²) in [5, 5.41) is 15.8. The number of carbonyl (C=O) groups excluding carboxylic acids is 1. The van der Waals surface area contributed by atoms with Gasteiger partial charge in [0.2, 0.25) is 5.88 Å². The van der Waals surface area contributed by atoms with Gasteiger partial charge in [-0.25, -0.2) is 4.68 Å². The second-order valence-electron chi connectivity index (χ2n) is 3.94. The SMILES string of the molecule is COc1cc(C(=O)NCCCC(C)O)nn1C. The van der Waals surface area contributed by atoms with Gasteiger partial charge in [0.05, 0.1) is 13.2 Å². The van der Waals surface area contributed by atoms with Gasteiger partial charge < -0.3 is 15.2 Å². The van der Waals surface area contributed by atoms with Crippen molar-refractivity contribution in [1.29, 1.82) is 0 Å². The first-order valence-electron chi connectivity index (χ1n) is 5.59. The van der Waals surface area contributed by atoms with Crippen molar-refractivity contribution in [3.63, 3.8) is 0 Å². The maximum Gasteiger partial charge on any atom is 0.271 e. The van der Waals surface area contributed by atoms with Crippen LogP contribution in [0.15, 0.2) is 6.07 Å². The number of hydrogen-bond acceptors (Lipinski definition) is 4. The zero-order valence-electron chi connectivity index (χ0n) is 10.4. The predicted octanol–water partition coefficient (Wildman–Crippen LogP) is 0.319. The van der Waals surface area contributed by atoms with E-state index in [-0.39, 0.29) is 12.0 Å². The van der Waals surface area contributed by atoms with E-state index in [4.69, 9.17) is 9.84 Å². The standard InChI is InChI=1S/C11H19N3O3/c1-8(15)5-4-6-12-11(16)9-7-10(17-3)14(2)13-9/h7-8,15H,4-6H2,1-3H3,(H,12,16). The second kappa shape index (κ2) is 6.24. The van der Waals surface area contributed by atoms with Crippen molar-refractivity contribution in [1.82, 2.24) is 15.1 Å². The highest BCUT2D eigenvalue weighted by Crippen LogP contribution is 2.10. The monoisotopic (exact) mass is 241 g/mol. The summed E-state index contributed by atoms with van der Waals surface area (Å²) < 4.78 is 6.52. The average molecular weight is 241 g/mol. The molecule has 6 heteroatoms. The van der Waals surface area contributed by atoms with Crippen molar-refractivity contribution >= 4 is 5.91 Å². The number of ether oxygens (including phenoxy) is 1. The van der Waals surface area contributed by atoms with Crippen LogP contribution in [0, 0.1) is 0 Å². The summed E-state index contributed by atoms with van der Waals surface area (Å²) in [7, 11) is 3.24. The average Bonchev–Trinajstić information content (AvgIpc) is 2.65. The van der Waals surface area contributed by atoms with E-state index in [1.807, 2.05) is 0 Å². The number of carbonyl (C=O) groups is 1. The Balaban J connectivity index is 2.41. The van der Waals surface area contributed by atoms with Crippen LogP contribution < -0.4 is 10.1 Å². The van der Waals surface area contributed by atoms with Gasteiger partial charge in [-0.15, -0.1) is 0 Å². The Morgan fingerprint density at radius 1 is 1.71 bits per heavy atom. The molecule has 0 aliphatic rings. The number of aliphatic hydroxyl groups excluding tert-OH is 1. The van der Waals surface area contributed by atoms with Gasteiger partial charge in [0.25, 0.3) is 5.91 Å². The van der Waals surface area contributed by atoms with Gasteiger partial charge in [0.15, 0.2) is 5.69 Å². The molecule has 0 radical (unpaired) electrons. The van der Waals surface area contributed by atoms with E-state index in [1.54, 1.807) is 20.0 Å². The Kier molecular flexibility index (Phi) is 4.96. The molecule has 1 amide bonds. The van der Waals surface area contributed by atoms with Crippen LogP contribution in [0.25, 0.3) is 0 Å². The first kappa shape index (κ1) is 13.5. The lowest BCUT2D eigenvalue weighted by atomic mass is 10.2. The van der Waals surface area contributed by atoms with Gasteiger partial charge in [0, 0.05) is 19.7 Å². The molecule has 2 N–H and O–H groups in total. The van der Waals surface area contributed by atoms with Crippen molar-refractivity contribution < 1.29 is 14.6 Å². The number of nitrogens with one attached hydrogen (secondary N) is 1. The maximum atomic E-state index is 11.7. The lowest BCUT2D eigenvalue weighted by Crippen LogP contribution is -2.25. The Morgan fingerprint density at radius 3 is 2.94 bits per heavy atom. The molecular weight excluding hydrogens is 222 g/mol. The van der Waals surface area contributed by atoms with Crippen LogP contribution in [0.4, 0.5) is 0 Å². The molecule has 17 heavy (non-hydrogen) atoms. The summed E-state index contributed by atoms with van der Waals surface area (Å²) >= 11 is 0. The van der Waals surface area contributed by atoms with Crippen molar-refractivity contribution in [2.45, 2.75) is 25.9 Å². The first-order valence-corrected chi connectivity index (χ1v) is 5.59. The highest BCUT2D eigenvalue weighted by molar-refractivity contribution is 5.92. The minimum Gasteiger partial charge on any atom is -0.481 e. The zero-order chi connectivity index (χ0) is 12.8. The van der Waals surface area contributed by atoms with Crippen LogP contribution in [0.2, 0.25) is 0 Å². The van der Waals surface area contributed by atoms with E-state index in [9.17, 15) is 4.79 Å². The highest BCUT2D eigenvalue weighted by atomic mass is 16.5. The van der Waals surface area contributed by atoms with E-state index in [1.165, 1.54) is 11.8 Å². The fourth-order valence-corrected chi connectivity index (χ4v) is 1.44. The van der Waals surface area contributed by atoms with E-state index in [0.717, 1.165) is 6.42 Å². The minimum atomic E-state index is -0.332. The summed E-state index contributed by atoms with van der Waals surface area (Å²) in [6.45, 7) is 2.26. The van der Waals surface area contributed by atoms with Gasteiger partial charge in [-0.2, -0.15) is 5.10 Å². The molecular formula is C11H19N3O3. The van der Waals surface area contributed by atoms with Crippen LogP contribution in [0.3, 0.4) is 0 Å². The topological polar surface area (TPSA) is 76.4 Å². The molecule has 1 aromatic rings. The van der Waals surface area contributed by atoms with Crippen molar-refractivity contribution in [3.05, 3.63) is 11.8 Å². The zero-order valence-corrected chi connectivity index (χ0v) is 10.4. The Morgan fingerprint density at radius 2 is 2.41 bits per heavy atom. The van der Waals surface area contributed by atoms with Crippen LogP contribution in [0.1, 0.15) is 30.3 Å². The number of hydrogen-bond donors (Lipinski definition) is 2. The predicted molar refractivity (Wildman–Crippen MR) is 63.0 cm³/mol. The van der Waals surface area contributed by atoms with Gasteiger partial charge in [-0.1, -0.05) is 0 Å². The number of aromatic nitrogens is 2. The molecule has 1 heterocycles. The fraction of sp³-hybridized carbons (Fsp3) is 0.636. The lowest BCUT2D eigenvalue weighted by Gasteiger charge is -2.04. The summed E-state index contributed by atoms with van der Waals surface area (Å²) in [4.78, 5) is 11.7. The molecule has 0 saturated heterocycles. The van der Waals surface area contributed by atoms with Crippen LogP contribution in [-0.4, -0.2) is 40.6 Å². The van der Waals surface area contributed by atoms with Gasteiger partial charge in [0.1, 0.15) is 0 Å². The molecule has 0 fully saturated rings. The molecule has 0 aliphatic carbocycles. The smallest absolute Gasteiger partial charge is 0.271 e. The molecule has 0 bridgehead atoms. The van der Waals surface area contributed by atoms with E-state index in [0.29, 0.717) is 24.5 Å². The third-order valence-electron chi connectivity index (χ3n) is 2.36. The molecule has 1 rings (SSSR count). The minimum absolute atomic E-state index is 0.227. The molecule has 0 spiro atoms. The quantitative estimate of drug-likeness (QED) is 0.703. The summed E-state index contributed by atoms with van der Waals surface area (Å²) in [6, 6.07) is 1.59. The van der Waals surface area contributed by atoms with Crippen molar-refractivity contribution in [2.75, 3.05) is 13.7 Å². The Labute approximate surface area is 101 Å². The third-order valence-corrected chi connectivity index (χ3v) is 2.36. The maximum absolute atomic E-state index is 11.7. The van der Waals surface area contributed by atoms with E-state index >= 15 is 0 Å². The molecule has 1 unspecified atom stereocenters. The molecule has 0 aliphatic heterocycles. The summed E-state index contributed by atoms with van der Waals surface area (Å²) in [5.41, 5.74) is 0.335. The normalized spacial score (nSPS) is 12.2. The van der Waals surface area contributed by atoms with Gasteiger partial charge in [-0.3, -0.25) is 4.79 Å². The molecule has 6 nitrogen and oxygen atoms in total. The summed E-state index contributed by atoms with van der Waals surface area (Å²) in [5.74, 6) is 0.314. The largest absolute Gasteiger partial charge is 0.481 e. The van der Waals surface area contributed by atoms with Crippen molar-refractivity contribution in [2.24, 2.45) is 7.05 Å². The molecule has 0 aromatic carbocycles. The Hall–Kier alpha value is -1.56. The first-order chi connectivity index (χ1) is 8.04. The second-order valence-corrected chi connectivity index (χ2v) is 3.94. The number of aryl methyl sites for hydroxylation is 1. The van der Waals surface area contributed by atoms with Crippen LogP contribution in [0.5, 0.6) is 5.88 Å². The number of methoxy groups -OCH3 is 1. The molecule has 1 aromatic heterocycles. The number of nitrogens with zero attached hydrogens (tertiary/aromatic N) is 2. The molecule has 0 saturated carbocycles. The third kappa shape index (κ3) is 4.07. The molecule has 96 valence electrons. The van der Waals surface area contributed by atoms with Crippen LogP contribution >= 0.6 is 0 Å². The number of rotatable bonds is 6. The summed E-state index contributed by atoms with van der Waals surface area (Å²) in [6.07, 6.45) is 1.08. The fourth-order valence-electron chi connectivity index (χ4n) is 1.44. The van der Waals surface area contributed by atoms with Gasteiger partial charge in [-0.05, 0) is 19.8 Å². The van der Waals surface area contributed by atoms with Gasteiger partial charge >= 0.3 is 0 Å². The number of aliphatic hydroxyl groups is 1. The lowest BCUT2D eigenvalue weighted by molar-refractivity contribution is 0.0944. The molecule has 1 atom stereocenters. The highest BCUT2D eigenvalue weighted by Gasteiger charge is 2.12. The number of amides is 1. The van der Waals surface area contributed by atoms with Crippen LogP contribution in [-0.2, 0) is 7.05 Å². The van der Waals surface area contributed by atoms with Crippen molar-refractivity contribution in [3.8, 4) is 5.88 Å². The Bertz CT molecular complexity index is 374.